The van der Waals surface area contributed by atoms with Gasteiger partial charge in [-0.1, -0.05) is 45.6 Å². The summed E-state index contributed by atoms with van der Waals surface area (Å²) in [6.45, 7) is 12.2. The number of halogens is 4. The molecule has 25 heavy (non-hydrogen) atoms. The quantitative estimate of drug-likeness (QED) is 0.324. The second-order valence-electron chi connectivity index (χ2n) is 6.77. The number of hydrogen-bond acceptors (Lipinski definition) is 0. The van der Waals surface area contributed by atoms with Crippen LogP contribution < -0.4 is 0 Å². The summed E-state index contributed by atoms with van der Waals surface area (Å²) < 4.78 is 54.3. The minimum absolute atomic E-state index is 0.0383. The molecule has 0 amide bonds. The Balaban J connectivity index is 2.52. The van der Waals surface area contributed by atoms with Gasteiger partial charge in [-0.15, -0.1) is 0 Å². The maximum Gasteiger partial charge on any atom is 0.162 e. The van der Waals surface area contributed by atoms with Gasteiger partial charge in [-0.3, -0.25) is 0 Å². The summed E-state index contributed by atoms with van der Waals surface area (Å²) in [4.78, 5) is 0. The van der Waals surface area contributed by atoms with Gasteiger partial charge in [0.15, 0.2) is 23.3 Å². The SMILES string of the molecule is C=C(C)/C(F)=C(/F)C(=C)C(C)CCC(C)CCc1cccc(F)c1F. The van der Waals surface area contributed by atoms with Crippen LogP contribution in [0.2, 0.25) is 0 Å². The molecule has 0 aromatic heterocycles. The molecule has 0 aliphatic carbocycles. The van der Waals surface area contributed by atoms with E-state index in [4.69, 9.17) is 0 Å². The van der Waals surface area contributed by atoms with Gasteiger partial charge in [-0.2, -0.15) is 0 Å². The van der Waals surface area contributed by atoms with Crippen molar-refractivity contribution in [3.8, 4) is 0 Å². The number of allylic oxidation sites excluding steroid dienone is 4. The lowest BCUT2D eigenvalue weighted by atomic mass is 9.89. The zero-order chi connectivity index (χ0) is 19.1. The van der Waals surface area contributed by atoms with Crippen molar-refractivity contribution in [2.24, 2.45) is 11.8 Å². The van der Waals surface area contributed by atoms with E-state index < -0.39 is 23.3 Å². The van der Waals surface area contributed by atoms with Crippen LogP contribution in [0.15, 0.2) is 54.2 Å². The number of benzene rings is 1. The summed E-state index contributed by atoms with van der Waals surface area (Å²) in [6.07, 6.45) is 2.54. The van der Waals surface area contributed by atoms with E-state index in [2.05, 4.69) is 13.2 Å². The molecule has 0 nitrogen and oxygen atoms in total. The smallest absolute Gasteiger partial charge is 0.162 e. The number of hydrogen-bond donors (Lipinski definition) is 0. The van der Waals surface area contributed by atoms with Crippen LogP contribution in [0.25, 0.3) is 0 Å². The third-order valence-corrected chi connectivity index (χ3v) is 4.47. The summed E-state index contributed by atoms with van der Waals surface area (Å²) in [5.74, 6) is -3.48. The molecule has 0 aliphatic rings. The monoisotopic (exact) mass is 354 g/mol. The molecule has 0 N–H and O–H groups in total. The minimum atomic E-state index is -0.952. The van der Waals surface area contributed by atoms with E-state index in [1.807, 2.05) is 6.92 Å². The van der Waals surface area contributed by atoms with E-state index >= 15 is 0 Å². The molecule has 0 spiro atoms. The highest BCUT2D eigenvalue weighted by Crippen LogP contribution is 2.30. The van der Waals surface area contributed by atoms with Crippen molar-refractivity contribution in [2.45, 2.75) is 46.5 Å². The van der Waals surface area contributed by atoms with Crippen LogP contribution >= 0.6 is 0 Å². The van der Waals surface area contributed by atoms with Crippen molar-refractivity contribution in [2.75, 3.05) is 0 Å². The zero-order valence-electron chi connectivity index (χ0n) is 15.1. The standard InChI is InChI=1S/C21H26F4/c1-13(2)19(23)20(24)16(5)15(4)11-9-14(3)10-12-17-7-6-8-18(22)21(17)25/h6-8,14-15H,1,5,9-12H2,2-4H3/b20-19-. The Bertz CT molecular complexity index is 658. The van der Waals surface area contributed by atoms with Gasteiger partial charge in [0.25, 0.3) is 0 Å². The van der Waals surface area contributed by atoms with Crippen LogP contribution in [-0.4, -0.2) is 0 Å². The molecule has 0 saturated carbocycles. The lowest BCUT2D eigenvalue weighted by Gasteiger charge is -2.17. The van der Waals surface area contributed by atoms with Crippen LogP contribution in [0.4, 0.5) is 17.6 Å². The van der Waals surface area contributed by atoms with Crippen molar-refractivity contribution < 1.29 is 17.6 Å². The fourth-order valence-corrected chi connectivity index (χ4v) is 2.54. The Morgan fingerprint density at radius 2 is 1.64 bits per heavy atom. The highest BCUT2D eigenvalue weighted by atomic mass is 19.2. The maximum absolute atomic E-state index is 13.9. The molecule has 4 heteroatoms. The molecular weight excluding hydrogens is 328 g/mol. The Hall–Kier alpha value is -1.84. The second-order valence-corrected chi connectivity index (χ2v) is 6.77. The molecular formula is C21H26F4. The molecule has 2 unspecified atom stereocenters. The lowest BCUT2D eigenvalue weighted by molar-refractivity contribution is 0.423. The van der Waals surface area contributed by atoms with Crippen molar-refractivity contribution in [3.05, 3.63) is 71.4 Å². The first-order valence-corrected chi connectivity index (χ1v) is 8.48. The third kappa shape index (κ3) is 6.18. The Kier molecular flexibility index (Phi) is 8.14. The van der Waals surface area contributed by atoms with E-state index in [0.29, 0.717) is 24.8 Å². The first-order chi connectivity index (χ1) is 11.6. The first kappa shape index (κ1) is 21.2. The van der Waals surface area contributed by atoms with Gasteiger partial charge in [-0.05, 0) is 60.8 Å². The molecule has 0 saturated heterocycles. The van der Waals surface area contributed by atoms with Crippen LogP contribution in [0, 0.1) is 23.5 Å². The van der Waals surface area contributed by atoms with Gasteiger partial charge >= 0.3 is 0 Å². The van der Waals surface area contributed by atoms with Gasteiger partial charge in [0.2, 0.25) is 0 Å². The number of rotatable bonds is 9. The van der Waals surface area contributed by atoms with Crippen LogP contribution in [-0.2, 0) is 6.42 Å². The van der Waals surface area contributed by atoms with Gasteiger partial charge in [0.05, 0.1) is 0 Å². The molecule has 1 rings (SSSR count). The summed E-state index contributed by atoms with van der Waals surface area (Å²) in [6, 6.07) is 4.17. The molecule has 0 heterocycles. The summed E-state index contributed by atoms with van der Waals surface area (Å²) in [7, 11) is 0. The van der Waals surface area contributed by atoms with E-state index in [9.17, 15) is 17.6 Å². The molecule has 1 aromatic carbocycles. The lowest BCUT2D eigenvalue weighted by Crippen LogP contribution is -2.06. The largest absolute Gasteiger partial charge is 0.204 e. The van der Waals surface area contributed by atoms with Crippen molar-refractivity contribution in [1.29, 1.82) is 0 Å². The second kappa shape index (κ2) is 9.59. The summed E-state index contributed by atoms with van der Waals surface area (Å²) in [5.41, 5.74) is 0.530. The average Bonchev–Trinajstić information content (AvgIpc) is 2.58. The number of aryl methyl sites for hydroxylation is 1. The molecule has 138 valence electrons. The van der Waals surface area contributed by atoms with E-state index in [1.165, 1.54) is 13.0 Å². The molecule has 2 atom stereocenters. The van der Waals surface area contributed by atoms with Gasteiger partial charge in [0, 0.05) is 0 Å². The van der Waals surface area contributed by atoms with Crippen molar-refractivity contribution >= 4 is 0 Å². The topological polar surface area (TPSA) is 0 Å². The fraction of sp³-hybridized carbons (Fsp3) is 0.429. The summed E-state index contributed by atoms with van der Waals surface area (Å²) in [5, 5.41) is 0. The molecule has 0 radical (unpaired) electrons. The Morgan fingerprint density at radius 1 is 1.00 bits per heavy atom. The normalized spacial score (nSPS) is 14.7. The third-order valence-electron chi connectivity index (χ3n) is 4.47. The van der Waals surface area contributed by atoms with Crippen molar-refractivity contribution in [1.82, 2.24) is 0 Å². The van der Waals surface area contributed by atoms with E-state index in [0.717, 1.165) is 12.5 Å². The van der Waals surface area contributed by atoms with Crippen LogP contribution in [0.3, 0.4) is 0 Å². The van der Waals surface area contributed by atoms with Crippen molar-refractivity contribution in [3.63, 3.8) is 0 Å². The highest BCUT2D eigenvalue weighted by molar-refractivity contribution is 5.34. The minimum Gasteiger partial charge on any atom is -0.204 e. The predicted molar refractivity (Wildman–Crippen MR) is 95.4 cm³/mol. The van der Waals surface area contributed by atoms with E-state index in [1.54, 1.807) is 13.0 Å². The average molecular weight is 354 g/mol. The van der Waals surface area contributed by atoms with Crippen LogP contribution in [0.5, 0.6) is 0 Å². The molecule has 1 aromatic rings. The fourth-order valence-electron chi connectivity index (χ4n) is 2.54. The van der Waals surface area contributed by atoms with Gasteiger partial charge < -0.3 is 0 Å². The first-order valence-electron chi connectivity index (χ1n) is 8.48. The molecule has 0 fully saturated rings. The Labute approximate surface area is 147 Å². The predicted octanol–water partition coefficient (Wildman–Crippen LogP) is 7.23. The molecule has 0 bridgehead atoms. The summed E-state index contributed by atoms with van der Waals surface area (Å²) >= 11 is 0. The Morgan fingerprint density at radius 3 is 2.24 bits per heavy atom. The maximum atomic E-state index is 13.9. The molecule has 0 aliphatic heterocycles. The van der Waals surface area contributed by atoms with Gasteiger partial charge in [-0.25, -0.2) is 17.6 Å². The van der Waals surface area contributed by atoms with E-state index in [-0.39, 0.29) is 23.0 Å². The zero-order valence-corrected chi connectivity index (χ0v) is 15.1. The van der Waals surface area contributed by atoms with Crippen LogP contribution in [0.1, 0.15) is 45.6 Å². The van der Waals surface area contributed by atoms with Gasteiger partial charge in [0.1, 0.15) is 0 Å². The highest BCUT2D eigenvalue weighted by Gasteiger charge is 2.17.